The largest absolute Gasteiger partial charge is 0.297 e. The summed E-state index contributed by atoms with van der Waals surface area (Å²) < 4.78 is 26.8. The smallest absolute Gasteiger partial charge is 0.157 e. The van der Waals surface area contributed by atoms with E-state index in [9.17, 15) is 13.6 Å². The first-order valence-corrected chi connectivity index (χ1v) is 7.84. The minimum Gasteiger partial charge on any atom is -0.297 e. The van der Waals surface area contributed by atoms with Gasteiger partial charge >= 0.3 is 0 Å². The predicted octanol–water partition coefficient (Wildman–Crippen LogP) is 3.49. The standard InChI is InChI=1S/C17H21F2NO/c18-14-6-5-13(15(19)12-14)11-16(21)17(7-1-2-8-17)20-9-3-4-10-20/h5-6,12H,1-4,7-11H2. The Morgan fingerprint density at radius 1 is 1.10 bits per heavy atom. The third-order valence-electron chi connectivity index (χ3n) is 5.03. The fourth-order valence-corrected chi connectivity index (χ4v) is 3.88. The summed E-state index contributed by atoms with van der Waals surface area (Å²) >= 11 is 0. The van der Waals surface area contributed by atoms with Crippen molar-refractivity contribution < 1.29 is 13.6 Å². The highest BCUT2D eigenvalue weighted by Crippen LogP contribution is 2.39. The van der Waals surface area contributed by atoms with Gasteiger partial charge in [-0.25, -0.2) is 8.78 Å². The number of ketones is 1. The van der Waals surface area contributed by atoms with Gasteiger partial charge in [0.15, 0.2) is 5.78 Å². The maximum Gasteiger partial charge on any atom is 0.157 e. The molecule has 114 valence electrons. The highest BCUT2D eigenvalue weighted by Gasteiger charge is 2.46. The molecule has 0 aromatic heterocycles. The average molecular weight is 293 g/mol. The fraction of sp³-hybridized carbons (Fsp3) is 0.588. The van der Waals surface area contributed by atoms with Gasteiger partial charge in [0.1, 0.15) is 11.6 Å². The molecule has 4 heteroatoms. The van der Waals surface area contributed by atoms with Crippen LogP contribution < -0.4 is 0 Å². The van der Waals surface area contributed by atoms with Crippen molar-refractivity contribution in [2.75, 3.05) is 13.1 Å². The SMILES string of the molecule is O=C(Cc1ccc(F)cc1F)C1(N2CCCC2)CCCC1. The first-order chi connectivity index (χ1) is 10.1. The second-order valence-electron chi connectivity index (χ2n) is 6.27. The van der Waals surface area contributed by atoms with Gasteiger partial charge < -0.3 is 0 Å². The van der Waals surface area contributed by atoms with E-state index in [1.807, 2.05) is 0 Å². The molecule has 2 aliphatic rings. The summed E-state index contributed by atoms with van der Waals surface area (Å²) in [4.78, 5) is 15.2. The Hall–Kier alpha value is -1.29. The van der Waals surface area contributed by atoms with Gasteiger partial charge in [0, 0.05) is 12.5 Å². The van der Waals surface area contributed by atoms with E-state index < -0.39 is 17.2 Å². The summed E-state index contributed by atoms with van der Waals surface area (Å²) in [5, 5.41) is 0. The van der Waals surface area contributed by atoms with Crippen LogP contribution in [0, 0.1) is 11.6 Å². The number of halogens is 2. The van der Waals surface area contributed by atoms with Gasteiger partial charge in [-0.3, -0.25) is 9.69 Å². The van der Waals surface area contributed by atoms with Gasteiger partial charge in [0.25, 0.3) is 0 Å². The molecule has 2 fully saturated rings. The number of hydrogen-bond donors (Lipinski definition) is 0. The van der Waals surface area contributed by atoms with E-state index in [4.69, 9.17) is 0 Å². The highest BCUT2D eigenvalue weighted by molar-refractivity contribution is 5.90. The second kappa shape index (κ2) is 5.84. The molecule has 0 bridgehead atoms. The molecular weight excluding hydrogens is 272 g/mol. The zero-order valence-corrected chi connectivity index (χ0v) is 12.2. The van der Waals surface area contributed by atoms with Gasteiger partial charge in [-0.2, -0.15) is 0 Å². The molecule has 1 heterocycles. The Balaban J connectivity index is 1.81. The van der Waals surface area contributed by atoms with Crippen molar-refractivity contribution in [3.8, 4) is 0 Å². The van der Waals surface area contributed by atoms with Crippen LogP contribution in [0.3, 0.4) is 0 Å². The number of hydrogen-bond acceptors (Lipinski definition) is 2. The van der Waals surface area contributed by atoms with E-state index in [0.717, 1.165) is 57.7 Å². The number of benzene rings is 1. The summed E-state index contributed by atoms with van der Waals surface area (Å²) in [6.45, 7) is 1.94. The van der Waals surface area contributed by atoms with Gasteiger partial charge in [0.05, 0.1) is 5.54 Å². The fourth-order valence-electron chi connectivity index (χ4n) is 3.88. The van der Waals surface area contributed by atoms with Gasteiger partial charge in [-0.15, -0.1) is 0 Å². The highest BCUT2D eigenvalue weighted by atomic mass is 19.1. The molecule has 0 spiro atoms. The Morgan fingerprint density at radius 3 is 2.38 bits per heavy atom. The molecule has 1 aromatic carbocycles. The topological polar surface area (TPSA) is 20.3 Å². The quantitative estimate of drug-likeness (QED) is 0.847. The van der Waals surface area contributed by atoms with Crippen LogP contribution in [0.1, 0.15) is 44.1 Å². The van der Waals surface area contributed by atoms with E-state index in [0.29, 0.717) is 5.56 Å². The molecule has 0 unspecified atom stereocenters. The molecule has 1 aliphatic carbocycles. The Morgan fingerprint density at radius 2 is 1.76 bits per heavy atom. The first-order valence-electron chi connectivity index (χ1n) is 7.84. The molecule has 0 N–H and O–H groups in total. The number of Topliss-reactive ketones (excluding diaryl/α,β-unsaturated/α-hetero) is 1. The third kappa shape index (κ3) is 2.73. The van der Waals surface area contributed by atoms with Gasteiger partial charge in [-0.1, -0.05) is 18.9 Å². The van der Waals surface area contributed by atoms with E-state index in [-0.39, 0.29) is 12.2 Å². The van der Waals surface area contributed by atoms with Crippen LogP contribution in [0.25, 0.3) is 0 Å². The normalized spacial score (nSPS) is 21.8. The second-order valence-corrected chi connectivity index (χ2v) is 6.27. The maximum atomic E-state index is 13.8. The van der Waals surface area contributed by atoms with Crippen molar-refractivity contribution >= 4 is 5.78 Å². The molecule has 1 saturated carbocycles. The van der Waals surface area contributed by atoms with Crippen LogP contribution in [0.15, 0.2) is 18.2 Å². The average Bonchev–Trinajstić information content (AvgIpc) is 3.11. The summed E-state index contributed by atoms with van der Waals surface area (Å²) in [7, 11) is 0. The molecular formula is C17H21F2NO. The zero-order chi connectivity index (χ0) is 14.9. The van der Waals surface area contributed by atoms with Crippen molar-refractivity contribution in [1.82, 2.24) is 4.90 Å². The van der Waals surface area contributed by atoms with Crippen molar-refractivity contribution in [1.29, 1.82) is 0 Å². The molecule has 1 saturated heterocycles. The van der Waals surface area contributed by atoms with Crippen LogP contribution in [-0.4, -0.2) is 29.3 Å². The lowest BCUT2D eigenvalue weighted by Gasteiger charge is -2.37. The molecule has 1 aliphatic heterocycles. The van der Waals surface area contributed by atoms with E-state index in [1.54, 1.807) is 0 Å². The Kier molecular flexibility index (Phi) is 4.07. The number of likely N-dealkylation sites (tertiary alicyclic amines) is 1. The van der Waals surface area contributed by atoms with Crippen molar-refractivity contribution in [3.05, 3.63) is 35.4 Å². The van der Waals surface area contributed by atoms with E-state index in [1.165, 1.54) is 12.1 Å². The number of carbonyl (C=O) groups is 1. The predicted molar refractivity (Wildman–Crippen MR) is 77.1 cm³/mol. The van der Waals surface area contributed by atoms with Crippen LogP contribution in [0.4, 0.5) is 8.78 Å². The van der Waals surface area contributed by atoms with E-state index >= 15 is 0 Å². The molecule has 0 amide bonds. The summed E-state index contributed by atoms with van der Waals surface area (Å²) in [6.07, 6.45) is 6.24. The summed E-state index contributed by atoms with van der Waals surface area (Å²) in [5.41, 5.74) is -0.0796. The van der Waals surface area contributed by atoms with E-state index in [2.05, 4.69) is 4.90 Å². The third-order valence-corrected chi connectivity index (χ3v) is 5.03. The van der Waals surface area contributed by atoms with Crippen LogP contribution >= 0.6 is 0 Å². The summed E-state index contributed by atoms with van der Waals surface area (Å²) in [5.74, 6) is -1.11. The lowest BCUT2D eigenvalue weighted by molar-refractivity contribution is -0.129. The monoisotopic (exact) mass is 293 g/mol. The zero-order valence-electron chi connectivity index (χ0n) is 12.2. The lowest BCUT2D eigenvalue weighted by atomic mass is 9.86. The molecule has 2 nitrogen and oxygen atoms in total. The summed E-state index contributed by atoms with van der Waals surface area (Å²) in [6, 6.07) is 3.48. The maximum absolute atomic E-state index is 13.8. The van der Waals surface area contributed by atoms with Crippen molar-refractivity contribution in [3.63, 3.8) is 0 Å². The Labute approximate surface area is 124 Å². The number of nitrogens with zero attached hydrogens (tertiary/aromatic N) is 1. The minimum atomic E-state index is -0.613. The van der Waals surface area contributed by atoms with Crippen LogP contribution in [-0.2, 0) is 11.2 Å². The van der Waals surface area contributed by atoms with Crippen LogP contribution in [0.2, 0.25) is 0 Å². The first kappa shape index (κ1) is 14.6. The molecule has 3 rings (SSSR count). The van der Waals surface area contributed by atoms with Crippen LogP contribution in [0.5, 0.6) is 0 Å². The molecule has 0 radical (unpaired) electrons. The molecule has 21 heavy (non-hydrogen) atoms. The van der Waals surface area contributed by atoms with Crippen molar-refractivity contribution in [2.24, 2.45) is 0 Å². The molecule has 1 aromatic rings. The van der Waals surface area contributed by atoms with Gasteiger partial charge in [0.2, 0.25) is 0 Å². The number of rotatable bonds is 4. The Bertz CT molecular complexity index is 532. The van der Waals surface area contributed by atoms with Crippen molar-refractivity contribution in [2.45, 2.75) is 50.5 Å². The lowest BCUT2D eigenvalue weighted by Crippen LogP contribution is -2.52. The number of carbonyl (C=O) groups excluding carboxylic acids is 1. The molecule has 0 atom stereocenters. The van der Waals surface area contributed by atoms with Gasteiger partial charge in [-0.05, 0) is 50.4 Å². The minimum absolute atomic E-state index is 0.0720.